The van der Waals surface area contributed by atoms with Crippen LogP contribution in [0.4, 0.5) is 4.79 Å². The molecular formula is C27H23N5O3. The van der Waals surface area contributed by atoms with E-state index in [-0.39, 0.29) is 6.42 Å². The minimum absolute atomic E-state index is 0.0845. The van der Waals surface area contributed by atoms with Crippen molar-refractivity contribution in [1.29, 1.82) is 0 Å². The molecule has 1 fully saturated rings. The third-order valence-electron chi connectivity index (χ3n) is 5.97. The number of para-hydroxylation sites is 1. The Bertz CT molecular complexity index is 1310. The van der Waals surface area contributed by atoms with Crippen LogP contribution in [0.1, 0.15) is 23.1 Å². The second kappa shape index (κ2) is 9.26. The highest BCUT2D eigenvalue weighted by Gasteiger charge is 2.54. The van der Waals surface area contributed by atoms with Crippen LogP contribution in [0.15, 0.2) is 103 Å². The number of nitrogens with zero attached hydrogens (tertiary/aromatic N) is 3. The van der Waals surface area contributed by atoms with Crippen molar-refractivity contribution >= 4 is 17.8 Å². The van der Waals surface area contributed by atoms with Gasteiger partial charge in [0.25, 0.3) is 5.91 Å². The molecule has 0 unspecified atom stereocenters. The van der Waals surface area contributed by atoms with Gasteiger partial charge in [-0.1, -0.05) is 78.9 Å². The number of aromatic nitrogens is 2. The van der Waals surface area contributed by atoms with E-state index in [1.165, 1.54) is 0 Å². The summed E-state index contributed by atoms with van der Waals surface area (Å²) >= 11 is 0. The topological polar surface area (TPSA) is 96.3 Å². The molecule has 1 aliphatic heterocycles. The van der Waals surface area contributed by atoms with E-state index in [0.717, 1.165) is 16.3 Å². The van der Waals surface area contributed by atoms with Gasteiger partial charge >= 0.3 is 6.03 Å². The predicted molar refractivity (Wildman–Crippen MR) is 129 cm³/mol. The fourth-order valence-corrected chi connectivity index (χ4v) is 4.22. The molecule has 5 rings (SSSR count). The number of amides is 4. The molecule has 174 valence electrons. The maximum atomic E-state index is 13.6. The molecule has 1 aliphatic rings. The minimum atomic E-state index is -1.43. The van der Waals surface area contributed by atoms with Crippen LogP contribution in [0.3, 0.4) is 0 Å². The molecule has 0 saturated carbocycles. The molecule has 0 spiro atoms. The Labute approximate surface area is 202 Å². The van der Waals surface area contributed by atoms with Gasteiger partial charge in [-0.3, -0.25) is 15.0 Å². The summed E-state index contributed by atoms with van der Waals surface area (Å²) in [5, 5.41) is 7.92. The van der Waals surface area contributed by atoms with E-state index in [1.807, 2.05) is 48.7 Å². The fraction of sp³-hybridized carbons (Fsp3) is 0.111. The Kier molecular flexibility index (Phi) is 5.85. The molecule has 1 aromatic heterocycles. The van der Waals surface area contributed by atoms with Crippen LogP contribution in [-0.2, 0) is 21.5 Å². The number of urea groups is 1. The quantitative estimate of drug-likeness (QED) is 0.409. The monoisotopic (exact) mass is 465 g/mol. The van der Waals surface area contributed by atoms with Crippen molar-refractivity contribution in [3.05, 3.63) is 120 Å². The molecule has 0 atom stereocenters. The molecule has 1 saturated heterocycles. The van der Waals surface area contributed by atoms with Crippen LogP contribution in [-0.4, -0.2) is 32.6 Å². The van der Waals surface area contributed by atoms with Crippen molar-refractivity contribution in [3.8, 4) is 5.69 Å². The number of rotatable bonds is 7. The summed E-state index contributed by atoms with van der Waals surface area (Å²) in [6.45, 7) is 0. The van der Waals surface area contributed by atoms with Crippen molar-refractivity contribution in [2.24, 2.45) is 0 Å². The molecule has 4 amide bonds. The Hall–Kier alpha value is -4.72. The van der Waals surface area contributed by atoms with Gasteiger partial charge in [-0.25, -0.2) is 9.48 Å². The summed E-state index contributed by atoms with van der Waals surface area (Å²) in [5.41, 5.74) is 4.05. The number of carbonyl (C=O) groups excluding carboxylic acids is 3. The minimum Gasteiger partial charge on any atom is -0.314 e. The van der Waals surface area contributed by atoms with Crippen LogP contribution in [0.5, 0.6) is 0 Å². The molecule has 0 bridgehead atoms. The molecule has 35 heavy (non-hydrogen) atoms. The van der Waals surface area contributed by atoms with E-state index in [2.05, 4.69) is 15.8 Å². The summed E-state index contributed by atoms with van der Waals surface area (Å²) in [6, 6.07) is 27.0. The Morgan fingerprint density at radius 1 is 0.857 bits per heavy atom. The van der Waals surface area contributed by atoms with E-state index in [4.69, 9.17) is 0 Å². The van der Waals surface area contributed by atoms with Crippen LogP contribution in [0.2, 0.25) is 0 Å². The highest BCUT2D eigenvalue weighted by atomic mass is 16.2. The summed E-state index contributed by atoms with van der Waals surface area (Å²) in [4.78, 5) is 39.2. The predicted octanol–water partition coefficient (Wildman–Crippen LogP) is 3.33. The third kappa shape index (κ3) is 4.17. The molecule has 0 radical (unpaired) electrons. The normalized spacial score (nSPS) is 14.6. The van der Waals surface area contributed by atoms with Crippen LogP contribution in [0, 0.1) is 0 Å². The summed E-state index contributed by atoms with van der Waals surface area (Å²) < 4.78 is 1.73. The zero-order valence-electron chi connectivity index (χ0n) is 18.8. The van der Waals surface area contributed by atoms with Gasteiger partial charge in [-0.15, -0.1) is 0 Å². The first-order valence-corrected chi connectivity index (χ1v) is 11.2. The van der Waals surface area contributed by atoms with Crippen molar-refractivity contribution < 1.29 is 14.4 Å². The zero-order valence-corrected chi connectivity index (χ0v) is 18.8. The third-order valence-corrected chi connectivity index (χ3v) is 5.97. The number of nitrogens with one attached hydrogen (secondary N) is 2. The second-order valence-corrected chi connectivity index (χ2v) is 8.22. The van der Waals surface area contributed by atoms with E-state index in [1.54, 1.807) is 59.4 Å². The van der Waals surface area contributed by atoms with Gasteiger partial charge in [0.2, 0.25) is 5.91 Å². The lowest BCUT2D eigenvalue weighted by molar-refractivity contribution is -0.138. The van der Waals surface area contributed by atoms with Gasteiger partial charge in [-0.05, 0) is 35.2 Å². The number of hydrogen-bond donors (Lipinski definition) is 2. The number of imide groups is 1. The zero-order chi connectivity index (χ0) is 24.3. The van der Waals surface area contributed by atoms with E-state index >= 15 is 0 Å². The van der Waals surface area contributed by atoms with E-state index in [9.17, 15) is 14.4 Å². The molecular weight excluding hydrogens is 442 g/mol. The maximum absolute atomic E-state index is 13.6. The van der Waals surface area contributed by atoms with E-state index < -0.39 is 23.4 Å². The summed E-state index contributed by atoms with van der Waals surface area (Å²) in [7, 11) is 0. The second-order valence-electron chi connectivity index (χ2n) is 8.22. The van der Waals surface area contributed by atoms with Crippen molar-refractivity contribution in [3.63, 3.8) is 0 Å². The Morgan fingerprint density at radius 3 is 2.03 bits per heavy atom. The molecule has 2 N–H and O–H groups in total. The smallest absolute Gasteiger partial charge is 0.314 e. The number of carbonyl (C=O) groups is 3. The van der Waals surface area contributed by atoms with Crippen molar-refractivity contribution in [2.75, 3.05) is 0 Å². The lowest BCUT2D eigenvalue weighted by Crippen LogP contribution is -2.49. The Balaban J connectivity index is 1.31. The number of aryl methyl sites for hydroxylation is 1. The molecule has 8 nitrogen and oxygen atoms in total. The molecule has 3 aromatic carbocycles. The van der Waals surface area contributed by atoms with Crippen LogP contribution < -0.4 is 10.7 Å². The van der Waals surface area contributed by atoms with Gasteiger partial charge in [0, 0.05) is 12.6 Å². The van der Waals surface area contributed by atoms with Gasteiger partial charge in [-0.2, -0.15) is 10.1 Å². The number of hydrazine groups is 1. The van der Waals surface area contributed by atoms with Gasteiger partial charge in [0.05, 0.1) is 11.9 Å². The standard InChI is InChI=1S/C27H23N5O3/c33-24(17-16-20-18-28-31(19-20)23-14-8-3-9-15-23)30-32-25(34)27(29-26(32)35,21-10-4-1-5-11-21)22-12-6-2-7-13-22/h1-15,18-19H,16-17H2,(H,29,35)(H,30,33). The molecule has 2 heterocycles. The lowest BCUT2D eigenvalue weighted by atomic mass is 9.83. The van der Waals surface area contributed by atoms with Gasteiger partial charge in [0.1, 0.15) is 0 Å². The van der Waals surface area contributed by atoms with Crippen molar-refractivity contribution in [2.45, 2.75) is 18.4 Å². The lowest BCUT2D eigenvalue weighted by Gasteiger charge is -2.27. The van der Waals surface area contributed by atoms with Crippen LogP contribution in [0.25, 0.3) is 5.69 Å². The van der Waals surface area contributed by atoms with Gasteiger partial charge < -0.3 is 5.32 Å². The van der Waals surface area contributed by atoms with E-state index in [0.29, 0.717) is 17.5 Å². The van der Waals surface area contributed by atoms with Gasteiger partial charge in [0.15, 0.2) is 5.54 Å². The van der Waals surface area contributed by atoms with Crippen LogP contribution >= 0.6 is 0 Å². The molecule has 8 heteroatoms. The average Bonchev–Trinajstić information content (AvgIpc) is 3.48. The number of hydrogen-bond acceptors (Lipinski definition) is 4. The number of benzene rings is 3. The molecule has 4 aromatic rings. The first-order valence-electron chi connectivity index (χ1n) is 11.2. The Morgan fingerprint density at radius 2 is 1.43 bits per heavy atom. The maximum Gasteiger partial charge on any atom is 0.344 e. The fourth-order valence-electron chi connectivity index (χ4n) is 4.22. The SMILES string of the molecule is O=C(CCc1cnn(-c2ccccc2)c1)NN1C(=O)NC(c2ccccc2)(c2ccccc2)C1=O. The highest BCUT2D eigenvalue weighted by molar-refractivity contribution is 6.10. The van der Waals surface area contributed by atoms with Crippen molar-refractivity contribution in [1.82, 2.24) is 25.5 Å². The first-order chi connectivity index (χ1) is 17.1. The summed E-state index contributed by atoms with van der Waals surface area (Å²) in [5.74, 6) is -1.01. The largest absolute Gasteiger partial charge is 0.344 e. The highest BCUT2D eigenvalue weighted by Crippen LogP contribution is 2.35. The average molecular weight is 466 g/mol. The molecule has 0 aliphatic carbocycles. The summed E-state index contributed by atoms with van der Waals surface area (Å²) in [6.07, 6.45) is 4.04. The first kappa shape index (κ1) is 22.1.